The molecular weight excluding hydrogens is 252 g/mol. The molecule has 0 atom stereocenters. The summed E-state index contributed by atoms with van der Waals surface area (Å²) >= 11 is 5.63. The van der Waals surface area contributed by atoms with Gasteiger partial charge in [0.15, 0.2) is 0 Å². The Morgan fingerprint density at radius 1 is 1.31 bits per heavy atom. The number of aromatic nitrogens is 3. The van der Waals surface area contributed by atoms with Gasteiger partial charge < -0.3 is 0 Å². The summed E-state index contributed by atoms with van der Waals surface area (Å²) in [6.07, 6.45) is 3.84. The predicted octanol–water partition coefficient (Wildman–Crippen LogP) is 1.26. The Kier molecular flexibility index (Phi) is 2.80. The molecule has 0 spiro atoms. The van der Waals surface area contributed by atoms with Crippen molar-refractivity contribution in [3.63, 3.8) is 0 Å². The Bertz CT molecular complexity index is 565. The molecule has 0 aromatic carbocycles. The fourth-order valence-corrected chi connectivity index (χ4v) is 2.04. The van der Waals surface area contributed by atoms with E-state index >= 15 is 0 Å². The van der Waals surface area contributed by atoms with Crippen molar-refractivity contribution in [2.45, 2.75) is 4.90 Å². The van der Waals surface area contributed by atoms with Crippen LogP contribution in [0.25, 0.3) is 0 Å². The molecule has 0 fully saturated rings. The van der Waals surface area contributed by atoms with Crippen LogP contribution in [0, 0.1) is 0 Å². The Balaban J connectivity index is 2.25. The number of hydrogen-bond donors (Lipinski definition) is 2. The van der Waals surface area contributed by atoms with Crippen molar-refractivity contribution in [2.75, 3.05) is 4.72 Å². The average molecular weight is 259 g/mol. The first-order valence-electron chi connectivity index (χ1n) is 4.21. The molecule has 2 aromatic heterocycles. The monoisotopic (exact) mass is 258 g/mol. The van der Waals surface area contributed by atoms with Gasteiger partial charge in [0.25, 0.3) is 10.0 Å². The molecule has 6 nitrogen and oxygen atoms in total. The molecule has 2 rings (SSSR count). The average Bonchev–Trinajstić information content (AvgIpc) is 2.75. The third kappa shape index (κ3) is 2.31. The van der Waals surface area contributed by atoms with E-state index in [4.69, 9.17) is 11.6 Å². The number of sulfonamides is 1. The van der Waals surface area contributed by atoms with Crippen molar-refractivity contribution >= 4 is 27.4 Å². The Labute approximate surface area is 96.7 Å². The Hall–Kier alpha value is -1.60. The second kappa shape index (κ2) is 4.11. The number of nitrogens with one attached hydrogen (secondary N) is 2. The lowest BCUT2D eigenvalue weighted by Gasteiger charge is -2.04. The highest BCUT2D eigenvalue weighted by Crippen LogP contribution is 2.14. The maximum Gasteiger partial charge on any atom is 0.266 e. The number of H-pyrrole nitrogens is 1. The second-order valence-corrected chi connectivity index (χ2v) is 5.02. The van der Waals surface area contributed by atoms with Gasteiger partial charge in [-0.15, -0.1) is 0 Å². The fraction of sp³-hybridized carbons (Fsp3) is 0. The van der Waals surface area contributed by atoms with E-state index in [1.165, 1.54) is 24.7 Å². The molecule has 0 aliphatic carbocycles. The van der Waals surface area contributed by atoms with Crippen LogP contribution in [0.5, 0.6) is 0 Å². The van der Waals surface area contributed by atoms with E-state index in [9.17, 15) is 8.42 Å². The van der Waals surface area contributed by atoms with Gasteiger partial charge in [0.2, 0.25) is 0 Å². The number of rotatable bonds is 3. The number of hydrogen-bond acceptors (Lipinski definition) is 4. The van der Waals surface area contributed by atoms with Gasteiger partial charge >= 0.3 is 0 Å². The molecule has 0 saturated carbocycles. The summed E-state index contributed by atoms with van der Waals surface area (Å²) in [6, 6.07) is 3.02. The number of pyridine rings is 1. The lowest BCUT2D eigenvalue weighted by Crippen LogP contribution is -2.13. The summed E-state index contributed by atoms with van der Waals surface area (Å²) < 4.78 is 25.7. The SMILES string of the molecule is O=S(=O)(Nc1ccc(Cl)cn1)c1cn[nH]c1. The molecule has 2 heterocycles. The van der Waals surface area contributed by atoms with Crippen molar-refractivity contribution in [3.05, 3.63) is 35.7 Å². The summed E-state index contributed by atoms with van der Waals surface area (Å²) in [6.45, 7) is 0. The molecule has 0 unspecified atom stereocenters. The van der Waals surface area contributed by atoms with Crippen LogP contribution in [0.2, 0.25) is 5.02 Å². The van der Waals surface area contributed by atoms with Crippen LogP contribution in [0.4, 0.5) is 5.82 Å². The van der Waals surface area contributed by atoms with Crippen LogP contribution in [-0.2, 0) is 10.0 Å². The van der Waals surface area contributed by atoms with E-state index in [1.54, 1.807) is 6.07 Å². The number of nitrogens with zero attached hydrogens (tertiary/aromatic N) is 2. The number of halogens is 1. The van der Waals surface area contributed by atoms with Gasteiger partial charge in [0, 0.05) is 12.4 Å². The van der Waals surface area contributed by atoms with E-state index in [2.05, 4.69) is 19.9 Å². The normalized spacial score (nSPS) is 11.3. The molecule has 84 valence electrons. The zero-order valence-corrected chi connectivity index (χ0v) is 9.46. The summed E-state index contributed by atoms with van der Waals surface area (Å²) in [7, 11) is -3.63. The summed E-state index contributed by atoms with van der Waals surface area (Å²) in [5.41, 5.74) is 0. The van der Waals surface area contributed by atoms with Crippen LogP contribution < -0.4 is 4.72 Å². The van der Waals surface area contributed by atoms with Gasteiger partial charge in [0.1, 0.15) is 10.7 Å². The molecule has 2 aromatic rings. The minimum absolute atomic E-state index is 0.0456. The van der Waals surface area contributed by atoms with Crippen molar-refractivity contribution in [3.8, 4) is 0 Å². The highest BCUT2D eigenvalue weighted by Gasteiger charge is 2.15. The molecule has 0 radical (unpaired) electrons. The topological polar surface area (TPSA) is 87.7 Å². The van der Waals surface area contributed by atoms with Crippen LogP contribution in [0.15, 0.2) is 35.6 Å². The highest BCUT2D eigenvalue weighted by molar-refractivity contribution is 7.92. The second-order valence-electron chi connectivity index (χ2n) is 2.90. The lowest BCUT2D eigenvalue weighted by atomic mass is 10.5. The van der Waals surface area contributed by atoms with Gasteiger partial charge in [-0.3, -0.25) is 9.82 Å². The Morgan fingerprint density at radius 3 is 2.69 bits per heavy atom. The van der Waals surface area contributed by atoms with Crippen LogP contribution >= 0.6 is 11.6 Å². The van der Waals surface area contributed by atoms with Gasteiger partial charge in [-0.2, -0.15) is 5.10 Å². The summed E-state index contributed by atoms with van der Waals surface area (Å²) in [5, 5.41) is 6.41. The minimum Gasteiger partial charge on any atom is -0.284 e. The first kappa shape index (κ1) is 10.9. The maximum absolute atomic E-state index is 11.7. The molecule has 0 aliphatic rings. The van der Waals surface area contributed by atoms with Crippen LogP contribution in [-0.4, -0.2) is 23.6 Å². The van der Waals surface area contributed by atoms with Gasteiger partial charge in [-0.25, -0.2) is 13.4 Å². The third-order valence-corrected chi connectivity index (χ3v) is 3.30. The number of aromatic amines is 1. The van der Waals surface area contributed by atoms with E-state index in [1.807, 2.05) is 0 Å². The lowest BCUT2D eigenvalue weighted by molar-refractivity contribution is 0.601. The van der Waals surface area contributed by atoms with Gasteiger partial charge in [0.05, 0.1) is 11.2 Å². The highest BCUT2D eigenvalue weighted by atomic mass is 35.5. The van der Waals surface area contributed by atoms with E-state index < -0.39 is 10.0 Å². The minimum atomic E-state index is -3.63. The largest absolute Gasteiger partial charge is 0.284 e. The summed E-state index contributed by atoms with van der Waals surface area (Å²) in [4.78, 5) is 3.87. The molecule has 16 heavy (non-hydrogen) atoms. The zero-order chi connectivity index (χ0) is 11.6. The molecular formula is C8H7ClN4O2S. The van der Waals surface area contributed by atoms with Crippen molar-refractivity contribution in [2.24, 2.45) is 0 Å². The van der Waals surface area contributed by atoms with Crippen molar-refractivity contribution in [1.82, 2.24) is 15.2 Å². The fourth-order valence-electron chi connectivity index (χ4n) is 1.02. The smallest absolute Gasteiger partial charge is 0.266 e. The molecule has 8 heteroatoms. The first-order valence-corrected chi connectivity index (χ1v) is 6.07. The van der Waals surface area contributed by atoms with Crippen molar-refractivity contribution < 1.29 is 8.42 Å². The molecule has 0 amide bonds. The van der Waals surface area contributed by atoms with E-state index in [-0.39, 0.29) is 10.7 Å². The first-order chi connectivity index (χ1) is 7.58. The quantitative estimate of drug-likeness (QED) is 0.868. The summed E-state index contributed by atoms with van der Waals surface area (Å²) in [5.74, 6) is 0.200. The van der Waals surface area contributed by atoms with Crippen LogP contribution in [0.1, 0.15) is 0 Å². The molecule has 2 N–H and O–H groups in total. The predicted molar refractivity (Wildman–Crippen MR) is 58.6 cm³/mol. The van der Waals surface area contributed by atoms with Gasteiger partial charge in [-0.05, 0) is 12.1 Å². The van der Waals surface area contributed by atoms with Crippen molar-refractivity contribution in [1.29, 1.82) is 0 Å². The number of anilines is 1. The van der Waals surface area contributed by atoms with Gasteiger partial charge in [-0.1, -0.05) is 11.6 Å². The van der Waals surface area contributed by atoms with E-state index in [0.717, 1.165) is 0 Å². The standard InChI is InChI=1S/C8H7ClN4O2S/c9-6-1-2-8(10-3-6)13-16(14,15)7-4-11-12-5-7/h1-5H,(H,10,13)(H,11,12). The molecule has 0 saturated heterocycles. The van der Waals surface area contributed by atoms with E-state index in [0.29, 0.717) is 5.02 Å². The van der Waals surface area contributed by atoms with Crippen LogP contribution in [0.3, 0.4) is 0 Å². The third-order valence-electron chi connectivity index (χ3n) is 1.75. The zero-order valence-electron chi connectivity index (χ0n) is 7.88. The molecule has 0 bridgehead atoms. The maximum atomic E-state index is 11.7. The molecule has 0 aliphatic heterocycles. The Morgan fingerprint density at radius 2 is 2.12 bits per heavy atom.